The van der Waals surface area contributed by atoms with Crippen LogP contribution in [0.5, 0.6) is 0 Å². The van der Waals surface area contributed by atoms with Crippen molar-refractivity contribution in [2.75, 3.05) is 18.5 Å². The van der Waals surface area contributed by atoms with Crippen molar-refractivity contribution in [3.8, 4) is 0 Å². The molecular weight excluding hydrogens is 354 g/mol. The molecule has 1 unspecified atom stereocenters. The van der Waals surface area contributed by atoms with E-state index in [2.05, 4.69) is 16.0 Å². The van der Waals surface area contributed by atoms with Crippen LogP contribution in [-0.2, 0) is 4.74 Å². The molecule has 1 aliphatic rings. The van der Waals surface area contributed by atoms with Gasteiger partial charge in [-0.3, -0.25) is 14.9 Å². The lowest BCUT2D eigenvalue weighted by atomic mass is 10.2. The first-order valence-electron chi connectivity index (χ1n) is 8.27. The molecule has 3 rings (SSSR count). The van der Waals surface area contributed by atoms with Gasteiger partial charge in [0.05, 0.1) is 12.4 Å². The largest absolute Gasteiger partial charge is 0.459 e. The number of benzene rings is 1. The second kappa shape index (κ2) is 8.59. The van der Waals surface area contributed by atoms with Crippen LogP contribution in [-0.4, -0.2) is 36.2 Å². The Kier molecular flexibility index (Phi) is 5.98. The van der Waals surface area contributed by atoms with E-state index < -0.39 is 5.91 Å². The van der Waals surface area contributed by atoms with Gasteiger partial charge in [-0.25, -0.2) is 0 Å². The van der Waals surface area contributed by atoms with E-state index in [-0.39, 0.29) is 22.9 Å². The van der Waals surface area contributed by atoms with E-state index >= 15 is 0 Å². The number of thiocarbonyl (C=S) groups is 1. The molecule has 1 aliphatic heterocycles. The first-order valence-corrected chi connectivity index (χ1v) is 8.68. The van der Waals surface area contributed by atoms with Crippen LogP contribution >= 0.6 is 12.2 Å². The van der Waals surface area contributed by atoms with Gasteiger partial charge >= 0.3 is 0 Å². The summed E-state index contributed by atoms with van der Waals surface area (Å²) in [6.45, 7) is 1.28. The van der Waals surface area contributed by atoms with E-state index in [0.717, 1.165) is 19.4 Å². The summed E-state index contributed by atoms with van der Waals surface area (Å²) in [6.07, 6.45) is 3.53. The number of ether oxygens (including phenoxy) is 1. The van der Waals surface area contributed by atoms with Gasteiger partial charge in [-0.1, -0.05) is 0 Å². The SMILES string of the molecule is O=C(NCC1CCCO1)c1ccc(NC(=S)NC(=O)c2ccco2)cc1. The Balaban J connectivity index is 1.48. The second-order valence-corrected chi connectivity index (χ2v) is 6.22. The van der Waals surface area contributed by atoms with Gasteiger partial charge in [0.2, 0.25) is 0 Å². The Bertz CT molecular complexity index is 768. The van der Waals surface area contributed by atoms with Crippen LogP contribution in [0, 0.1) is 0 Å². The summed E-state index contributed by atoms with van der Waals surface area (Å²) in [7, 11) is 0. The molecule has 1 aromatic heterocycles. The summed E-state index contributed by atoms with van der Waals surface area (Å²) in [6, 6.07) is 9.96. The molecule has 0 saturated carbocycles. The maximum absolute atomic E-state index is 12.1. The molecule has 0 bridgehead atoms. The van der Waals surface area contributed by atoms with Gasteiger partial charge in [0.25, 0.3) is 11.8 Å². The number of hydrogen-bond donors (Lipinski definition) is 3. The fourth-order valence-corrected chi connectivity index (χ4v) is 2.76. The predicted octanol–water partition coefficient (Wildman–Crippen LogP) is 2.32. The zero-order valence-electron chi connectivity index (χ0n) is 14.0. The highest BCUT2D eigenvalue weighted by Gasteiger charge is 2.16. The second-order valence-electron chi connectivity index (χ2n) is 5.81. The molecule has 2 amide bonds. The fourth-order valence-electron chi connectivity index (χ4n) is 2.55. The standard InChI is InChI=1S/C18H19N3O4S/c22-16(19-11-14-3-1-9-24-14)12-5-7-13(8-6-12)20-18(26)21-17(23)15-4-2-10-25-15/h2,4-8,10,14H,1,3,9,11H2,(H,19,22)(H2,20,21,23,26). The van der Waals surface area contributed by atoms with Gasteiger partial charge in [0.15, 0.2) is 10.9 Å². The summed E-state index contributed by atoms with van der Waals surface area (Å²) in [4.78, 5) is 24.0. The van der Waals surface area contributed by atoms with Crippen molar-refractivity contribution in [2.24, 2.45) is 0 Å². The summed E-state index contributed by atoms with van der Waals surface area (Å²) >= 11 is 5.10. The summed E-state index contributed by atoms with van der Waals surface area (Å²) in [5.74, 6) is -0.411. The number of carbonyl (C=O) groups excluding carboxylic acids is 2. The van der Waals surface area contributed by atoms with Crippen LogP contribution in [0.4, 0.5) is 5.69 Å². The van der Waals surface area contributed by atoms with Crippen LogP contribution in [0.25, 0.3) is 0 Å². The Labute approximate surface area is 156 Å². The molecule has 1 aromatic carbocycles. The Morgan fingerprint density at radius 3 is 2.62 bits per heavy atom. The van der Waals surface area contributed by atoms with Gasteiger partial charge in [-0.15, -0.1) is 0 Å². The third-order valence-electron chi connectivity index (χ3n) is 3.89. The van der Waals surface area contributed by atoms with E-state index in [1.165, 1.54) is 6.26 Å². The molecule has 2 heterocycles. The van der Waals surface area contributed by atoms with E-state index in [1.54, 1.807) is 36.4 Å². The van der Waals surface area contributed by atoms with Gasteiger partial charge in [0, 0.05) is 24.4 Å². The number of rotatable bonds is 5. The first-order chi connectivity index (χ1) is 12.6. The third-order valence-corrected chi connectivity index (χ3v) is 4.10. The van der Waals surface area contributed by atoms with Crippen molar-refractivity contribution in [1.82, 2.24) is 10.6 Å². The lowest BCUT2D eigenvalue weighted by Crippen LogP contribution is -2.34. The highest BCUT2D eigenvalue weighted by atomic mass is 32.1. The van der Waals surface area contributed by atoms with Crippen molar-refractivity contribution < 1.29 is 18.7 Å². The van der Waals surface area contributed by atoms with Gasteiger partial charge in [0.1, 0.15) is 0 Å². The Morgan fingerprint density at radius 1 is 1.15 bits per heavy atom. The Hall–Kier alpha value is -2.71. The highest BCUT2D eigenvalue weighted by Crippen LogP contribution is 2.12. The van der Waals surface area contributed by atoms with Crippen LogP contribution in [0.1, 0.15) is 33.8 Å². The number of hydrogen-bond acceptors (Lipinski definition) is 5. The maximum atomic E-state index is 12.1. The fraction of sp³-hybridized carbons (Fsp3) is 0.278. The van der Waals surface area contributed by atoms with Gasteiger partial charge in [-0.05, 0) is 61.5 Å². The minimum Gasteiger partial charge on any atom is -0.459 e. The number of nitrogens with one attached hydrogen (secondary N) is 3. The number of furan rings is 1. The van der Waals surface area contributed by atoms with E-state index in [9.17, 15) is 9.59 Å². The molecule has 0 radical (unpaired) electrons. The minimum atomic E-state index is -0.433. The normalized spacial score (nSPS) is 16.1. The molecular formula is C18H19N3O4S. The quantitative estimate of drug-likeness (QED) is 0.697. The summed E-state index contributed by atoms with van der Waals surface area (Å²) in [5.41, 5.74) is 1.20. The van der Waals surface area contributed by atoms with Crippen molar-refractivity contribution in [2.45, 2.75) is 18.9 Å². The molecule has 0 spiro atoms. The lowest BCUT2D eigenvalue weighted by Gasteiger charge is -2.12. The average Bonchev–Trinajstić information content (AvgIpc) is 3.34. The van der Waals surface area contributed by atoms with Gasteiger partial charge in [-0.2, -0.15) is 0 Å². The van der Waals surface area contributed by atoms with Crippen LogP contribution in [0.3, 0.4) is 0 Å². The molecule has 1 saturated heterocycles. The van der Waals surface area contributed by atoms with Crippen LogP contribution in [0.2, 0.25) is 0 Å². The molecule has 26 heavy (non-hydrogen) atoms. The number of carbonyl (C=O) groups is 2. The van der Waals surface area contributed by atoms with Gasteiger partial charge < -0.3 is 19.8 Å². The van der Waals surface area contributed by atoms with Crippen LogP contribution < -0.4 is 16.0 Å². The van der Waals surface area contributed by atoms with Crippen molar-refractivity contribution in [3.05, 3.63) is 54.0 Å². The Morgan fingerprint density at radius 2 is 1.96 bits per heavy atom. The zero-order valence-corrected chi connectivity index (χ0v) is 14.8. The van der Waals surface area contributed by atoms with Crippen molar-refractivity contribution in [3.63, 3.8) is 0 Å². The first kappa shape index (κ1) is 18.1. The summed E-state index contributed by atoms with van der Waals surface area (Å²) < 4.78 is 10.5. The summed E-state index contributed by atoms with van der Waals surface area (Å²) in [5, 5.41) is 8.40. The van der Waals surface area contributed by atoms with Crippen LogP contribution in [0.15, 0.2) is 47.1 Å². The van der Waals surface area contributed by atoms with E-state index in [1.807, 2.05) is 0 Å². The average molecular weight is 373 g/mol. The molecule has 8 heteroatoms. The third kappa shape index (κ3) is 4.90. The van der Waals surface area contributed by atoms with E-state index in [4.69, 9.17) is 21.4 Å². The molecule has 7 nitrogen and oxygen atoms in total. The smallest absolute Gasteiger partial charge is 0.293 e. The molecule has 2 aromatic rings. The molecule has 136 valence electrons. The van der Waals surface area contributed by atoms with Crippen molar-refractivity contribution >= 4 is 34.8 Å². The molecule has 1 fully saturated rings. The molecule has 0 aliphatic carbocycles. The molecule has 1 atom stereocenters. The number of amides is 2. The lowest BCUT2D eigenvalue weighted by molar-refractivity contribution is 0.0857. The van der Waals surface area contributed by atoms with Crippen molar-refractivity contribution in [1.29, 1.82) is 0 Å². The minimum absolute atomic E-state index is 0.107. The predicted molar refractivity (Wildman–Crippen MR) is 100 cm³/mol. The monoisotopic (exact) mass is 373 g/mol. The maximum Gasteiger partial charge on any atom is 0.293 e. The zero-order chi connectivity index (χ0) is 18.4. The molecule has 3 N–H and O–H groups in total. The highest BCUT2D eigenvalue weighted by molar-refractivity contribution is 7.80. The number of anilines is 1. The van der Waals surface area contributed by atoms with E-state index in [0.29, 0.717) is 17.8 Å². The topological polar surface area (TPSA) is 92.6 Å².